The molecule has 0 saturated carbocycles. The maximum absolute atomic E-state index is 5.59. The Bertz CT molecular complexity index is 270. The van der Waals surface area contributed by atoms with Gasteiger partial charge in [-0.3, -0.25) is 0 Å². The maximum atomic E-state index is 5.59. The molecule has 1 unspecified atom stereocenters. The van der Waals surface area contributed by atoms with E-state index < -0.39 is 0 Å². The second-order valence-electron chi connectivity index (χ2n) is 3.09. The van der Waals surface area contributed by atoms with E-state index in [1.54, 1.807) is 11.3 Å². The number of aromatic nitrogens is 2. The van der Waals surface area contributed by atoms with Crippen LogP contribution >= 0.6 is 11.3 Å². The van der Waals surface area contributed by atoms with Crippen molar-refractivity contribution >= 4 is 11.3 Å². The van der Waals surface area contributed by atoms with Gasteiger partial charge in [-0.25, -0.2) is 0 Å². The zero-order valence-electron chi connectivity index (χ0n) is 7.40. The zero-order valence-corrected chi connectivity index (χ0v) is 8.22. The number of ether oxygens (including phenoxy) is 1. The maximum Gasteiger partial charge on any atom is 0.146 e. The number of nitrogens with zero attached hydrogens (tertiary/aromatic N) is 2. The Morgan fingerprint density at radius 2 is 2.38 bits per heavy atom. The Morgan fingerprint density at radius 3 is 3.00 bits per heavy atom. The summed E-state index contributed by atoms with van der Waals surface area (Å²) < 4.78 is 5.59. The van der Waals surface area contributed by atoms with E-state index in [1.165, 1.54) is 12.8 Å². The first-order valence-electron chi connectivity index (χ1n) is 4.54. The first kappa shape index (κ1) is 9.05. The Labute approximate surface area is 81.1 Å². The highest BCUT2D eigenvalue weighted by Crippen LogP contribution is 2.29. The topological polar surface area (TPSA) is 61.0 Å². The molecule has 5 heteroatoms. The van der Waals surface area contributed by atoms with Gasteiger partial charge in [-0.15, -0.1) is 10.2 Å². The molecule has 2 rings (SSSR count). The quantitative estimate of drug-likeness (QED) is 0.778. The molecule has 0 spiro atoms. The molecule has 1 aliphatic rings. The first-order valence-corrected chi connectivity index (χ1v) is 5.36. The molecule has 4 nitrogen and oxygen atoms in total. The largest absolute Gasteiger partial charge is 0.371 e. The third-order valence-corrected chi connectivity index (χ3v) is 3.15. The van der Waals surface area contributed by atoms with Gasteiger partial charge in [0.15, 0.2) is 0 Å². The average molecular weight is 199 g/mol. The van der Waals surface area contributed by atoms with E-state index in [-0.39, 0.29) is 6.10 Å². The second kappa shape index (κ2) is 4.13. The summed E-state index contributed by atoms with van der Waals surface area (Å²) in [6.07, 6.45) is 3.63. The van der Waals surface area contributed by atoms with Crippen LogP contribution in [-0.2, 0) is 11.3 Å². The standard InChI is InChI=1S/C8H13N3OS/c9-5-7-10-11-8(13-7)6-3-1-2-4-12-6/h6H,1-5,9H2. The highest BCUT2D eigenvalue weighted by atomic mass is 32.1. The molecule has 1 fully saturated rings. The van der Waals surface area contributed by atoms with Crippen LogP contribution in [0, 0.1) is 0 Å². The molecule has 2 N–H and O–H groups in total. The van der Waals surface area contributed by atoms with Crippen molar-refractivity contribution in [3.8, 4) is 0 Å². The summed E-state index contributed by atoms with van der Waals surface area (Å²) >= 11 is 1.57. The molecular formula is C8H13N3OS. The molecule has 2 heterocycles. The number of hydrogen-bond acceptors (Lipinski definition) is 5. The van der Waals surface area contributed by atoms with Crippen molar-refractivity contribution in [3.63, 3.8) is 0 Å². The molecule has 0 bridgehead atoms. The SMILES string of the molecule is NCc1nnc(C2CCCCO2)s1. The molecule has 1 aromatic heterocycles. The minimum absolute atomic E-state index is 0.173. The minimum atomic E-state index is 0.173. The molecular weight excluding hydrogens is 186 g/mol. The van der Waals surface area contributed by atoms with Crippen LogP contribution in [0.1, 0.15) is 35.4 Å². The van der Waals surface area contributed by atoms with Gasteiger partial charge in [0.2, 0.25) is 0 Å². The monoisotopic (exact) mass is 199 g/mol. The Hall–Kier alpha value is -0.520. The lowest BCUT2D eigenvalue weighted by Gasteiger charge is -2.19. The van der Waals surface area contributed by atoms with E-state index in [9.17, 15) is 0 Å². The molecule has 0 radical (unpaired) electrons. The van der Waals surface area contributed by atoms with Gasteiger partial charge in [0.1, 0.15) is 16.1 Å². The van der Waals surface area contributed by atoms with E-state index in [1.807, 2.05) is 0 Å². The van der Waals surface area contributed by atoms with E-state index >= 15 is 0 Å². The molecule has 72 valence electrons. The van der Waals surface area contributed by atoms with Crippen LogP contribution < -0.4 is 5.73 Å². The third kappa shape index (κ3) is 2.04. The molecule has 0 amide bonds. The van der Waals surface area contributed by atoms with Crippen molar-refractivity contribution in [1.29, 1.82) is 0 Å². The molecule has 1 atom stereocenters. The minimum Gasteiger partial charge on any atom is -0.371 e. The van der Waals surface area contributed by atoms with Crippen LogP contribution in [0.5, 0.6) is 0 Å². The lowest BCUT2D eigenvalue weighted by Crippen LogP contribution is -2.11. The molecule has 0 aliphatic carbocycles. The molecule has 1 aromatic rings. The fourth-order valence-corrected chi connectivity index (χ4v) is 2.22. The fourth-order valence-electron chi connectivity index (χ4n) is 1.41. The number of nitrogens with two attached hydrogens (primary N) is 1. The van der Waals surface area contributed by atoms with Gasteiger partial charge in [-0.1, -0.05) is 11.3 Å². The Kier molecular flexibility index (Phi) is 2.87. The lowest BCUT2D eigenvalue weighted by molar-refractivity contribution is 0.0144. The van der Waals surface area contributed by atoms with Crippen LogP contribution in [-0.4, -0.2) is 16.8 Å². The summed E-state index contributed by atoms with van der Waals surface area (Å²) in [5.41, 5.74) is 5.46. The summed E-state index contributed by atoms with van der Waals surface area (Å²) in [4.78, 5) is 0. The van der Waals surface area contributed by atoms with E-state index in [2.05, 4.69) is 10.2 Å². The smallest absolute Gasteiger partial charge is 0.146 e. The summed E-state index contributed by atoms with van der Waals surface area (Å²) in [6.45, 7) is 1.33. The number of hydrogen-bond donors (Lipinski definition) is 1. The van der Waals surface area contributed by atoms with Crippen LogP contribution in [0.25, 0.3) is 0 Å². The summed E-state index contributed by atoms with van der Waals surface area (Å²) in [7, 11) is 0. The van der Waals surface area contributed by atoms with Crippen LogP contribution in [0.4, 0.5) is 0 Å². The van der Waals surface area contributed by atoms with Gasteiger partial charge in [0.05, 0.1) is 0 Å². The Balaban J connectivity index is 2.05. The van der Waals surface area contributed by atoms with Gasteiger partial charge in [0.25, 0.3) is 0 Å². The van der Waals surface area contributed by atoms with Crippen LogP contribution in [0.15, 0.2) is 0 Å². The van der Waals surface area contributed by atoms with Crippen molar-refractivity contribution in [1.82, 2.24) is 10.2 Å². The van der Waals surface area contributed by atoms with Crippen molar-refractivity contribution in [2.75, 3.05) is 6.61 Å². The highest BCUT2D eigenvalue weighted by molar-refractivity contribution is 7.11. The van der Waals surface area contributed by atoms with Crippen molar-refractivity contribution in [3.05, 3.63) is 10.0 Å². The second-order valence-corrected chi connectivity index (χ2v) is 4.19. The van der Waals surface area contributed by atoms with E-state index in [0.717, 1.165) is 23.0 Å². The van der Waals surface area contributed by atoms with Crippen molar-refractivity contribution in [2.24, 2.45) is 5.73 Å². The summed E-state index contributed by atoms with van der Waals surface area (Å²) in [5, 5.41) is 9.93. The van der Waals surface area contributed by atoms with Gasteiger partial charge >= 0.3 is 0 Å². The molecule has 1 saturated heterocycles. The average Bonchev–Trinajstić information content (AvgIpc) is 2.67. The van der Waals surface area contributed by atoms with Gasteiger partial charge in [-0.2, -0.15) is 0 Å². The lowest BCUT2D eigenvalue weighted by atomic mass is 10.1. The molecule has 13 heavy (non-hydrogen) atoms. The molecule has 1 aliphatic heterocycles. The summed E-state index contributed by atoms with van der Waals surface area (Å²) in [5.74, 6) is 0. The zero-order chi connectivity index (χ0) is 9.10. The van der Waals surface area contributed by atoms with E-state index in [4.69, 9.17) is 10.5 Å². The third-order valence-electron chi connectivity index (χ3n) is 2.11. The fraction of sp³-hybridized carbons (Fsp3) is 0.750. The first-order chi connectivity index (χ1) is 6.40. The van der Waals surface area contributed by atoms with Crippen molar-refractivity contribution in [2.45, 2.75) is 31.9 Å². The predicted octanol–water partition coefficient (Wildman–Crippen LogP) is 1.24. The van der Waals surface area contributed by atoms with Gasteiger partial charge < -0.3 is 10.5 Å². The van der Waals surface area contributed by atoms with Gasteiger partial charge in [0, 0.05) is 13.2 Å². The van der Waals surface area contributed by atoms with E-state index in [0.29, 0.717) is 6.54 Å². The Morgan fingerprint density at radius 1 is 1.46 bits per heavy atom. The van der Waals surface area contributed by atoms with Crippen LogP contribution in [0.3, 0.4) is 0 Å². The molecule has 0 aromatic carbocycles. The normalized spacial score (nSPS) is 23.3. The van der Waals surface area contributed by atoms with Gasteiger partial charge in [-0.05, 0) is 19.3 Å². The predicted molar refractivity (Wildman–Crippen MR) is 50.3 cm³/mol. The van der Waals surface area contributed by atoms with Crippen molar-refractivity contribution < 1.29 is 4.74 Å². The highest BCUT2D eigenvalue weighted by Gasteiger charge is 2.19. The summed E-state index contributed by atoms with van der Waals surface area (Å²) in [6, 6.07) is 0. The number of rotatable bonds is 2. The van der Waals surface area contributed by atoms with Crippen LogP contribution in [0.2, 0.25) is 0 Å².